The molecule has 164 valence electrons. The van der Waals surface area contributed by atoms with E-state index < -0.39 is 30.6 Å². The van der Waals surface area contributed by atoms with Crippen LogP contribution in [0.2, 0.25) is 0 Å². The van der Waals surface area contributed by atoms with Gasteiger partial charge in [0.15, 0.2) is 11.2 Å². The predicted molar refractivity (Wildman–Crippen MR) is 117 cm³/mol. The van der Waals surface area contributed by atoms with E-state index in [0.717, 1.165) is 33.6 Å². The number of benzene rings is 2. The van der Waals surface area contributed by atoms with E-state index in [2.05, 4.69) is 15.6 Å². The van der Waals surface area contributed by atoms with Gasteiger partial charge in [-0.05, 0) is 22.3 Å². The molecule has 2 amide bonds. The number of anilines is 1. The van der Waals surface area contributed by atoms with E-state index in [1.54, 1.807) is 0 Å². The van der Waals surface area contributed by atoms with Crippen molar-refractivity contribution < 1.29 is 29.3 Å². The van der Waals surface area contributed by atoms with Crippen molar-refractivity contribution in [1.29, 1.82) is 0 Å². The quantitative estimate of drug-likeness (QED) is 0.431. The zero-order chi connectivity index (χ0) is 22.7. The summed E-state index contributed by atoms with van der Waals surface area (Å²) < 4.78 is 5.44. The van der Waals surface area contributed by atoms with Gasteiger partial charge in [0.25, 0.3) is 5.91 Å². The molecule has 0 saturated heterocycles. The number of aliphatic hydroxyl groups excluding tert-OH is 1. The largest absolute Gasteiger partial charge is 0.479 e. The summed E-state index contributed by atoms with van der Waals surface area (Å²) in [5, 5.41) is 22.8. The molecule has 0 fully saturated rings. The van der Waals surface area contributed by atoms with E-state index in [4.69, 9.17) is 9.84 Å². The lowest BCUT2D eigenvalue weighted by Crippen LogP contribution is -2.36. The van der Waals surface area contributed by atoms with Crippen molar-refractivity contribution in [3.05, 3.63) is 70.7 Å². The normalized spacial score (nSPS) is 13.0. The number of carboxylic acids is 1. The fourth-order valence-corrected chi connectivity index (χ4v) is 4.24. The number of carbonyl (C=O) groups is 3. The van der Waals surface area contributed by atoms with E-state index in [0.29, 0.717) is 0 Å². The number of fused-ring (bicyclic) bond motifs is 3. The fourth-order valence-electron chi connectivity index (χ4n) is 3.52. The molecule has 0 aliphatic heterocycles. The second-order valence-corrected chi connectivity index (χ2v) is 8.07. The van der Waals surface area contributed by atoms with Gasteiger partial charge in [-0.25, -0.2) is 14.6 Å². The first-order chi connectivity index (χ1) is 15.4. The maximum Gasteiger partial charge on any atom is 0.413 e. The molecule has 0 spiro atoms. The molecule has 1 unspecified atom stereocenters. The first-order valence-electron chi connectivity index (χ1n) is 9.71. The Labute approximate surface area is 186 Å². The second-order valence-electron chi connectivity index (χ2n) is 7.04. The van der Waals surface area contributed by atoms with Crippen molar-refractivity contribution in [3.8, 4) is 11.1 Å². The minimum atomic E-state index is -1.70. The number of aromatic nitrogens is 1. The van der Waals surface area contributed by atoms with Crippen molar-refractivity contribution in [2.45, 2.75) is 12.0 Å². The van der Waals surface area contributed by atoms with Gasteiger partial charge in [0, 0.05) is 5.92 Å². The molecule has 32 heavy (non-hydrogen) atoms. The van der Waals surface area contributed by atoms with Crippen LogP contribution in [0.3, 0.4) is 0 Å². The molecule has 1 aromatic heterocycles. The maximum atomic E-state index is 12.3. The molecule has 2 aromatic carbocycles. The Kier molecular flexibility index (Phi) is 6.15. The van der Waals surface area contributed by atoms with E-state index in [-0.39, 0.29) is 22.5 Å². The number of hydrogen-bond acceptors (Lipinski definition) is 7. The van der Waals surface area contributed by atoms with Crippen LogP contribution in [0.4, 0.5) is 9.93 Å². The highest BCUT2D eigenvalue weighted by Gasteiger charge is 2.29. The summed E-state index contributed by atoms with van der Waals surface area (Å²) in [7, 11) is 0. The molecule has 4 N–H and O–H groups in total. The van der Waals surface area contributed by atoms with Crippen LogP contribution < -0.4 is 10.6 Å². The number of aliphatic carboxylic acids is 1. The summed E-state index contributed by atoms with van der Waals surface area (Å²) in [6.07, 6.45) is -1.16. The molecular formula is C22H19N3O6S. The van der Waals surface area contributed by atoms with E-state index in [1.807, 2.05) is 48.5 Å². The predicted octanol–water partition coefficient (Wildman–Crippen LogP) is 2.68. The van der Waals surface area contributed by atoms with Gasteiger partial charge in [-0.2, -0.15) is 0 Å². The molecule has 0 bridgehead atoms. The number of aliphatic hydroxyl groups is 1. The van der Waals surface area contributed by atoms with Gasteiger partial charge in [-0.3, -0.25) is 10.1 Å². The van der Waals surface area contributed by atoms with Crippen LogP contribution in [-0.4, -0.2) is 52.4 Å². The molecule has 1 heterocycles. The Hall–Kier alpha value is -3.76. The van der Waals surface area contributed by atoms with Crippen LogP contribution in [0.1, 0.15) is 26.7 Å². The second kappa shape index (κ2) is 9.16. The minimum Gasteiger partial charge on any atom is -0.479 e. The van der Waals surface area contributed by atoms with Crippen LogP contribution >= 0.6 is 11.3 Å². The molecule has 10 heteroatoms. The summed E-state index contributed by atoms with van der Waals surface area (Å²) in [4.78, 5) is 39.0. The van der Waals surface area contributed by atoms with Crippen molar-refractivity contribution >= 4 is 34.4 Å². The highest BCUT2D eigenvalue weighted by atomic mass is 32.1. The molecule has 4 rings (SSSR count). The van der Waals surface area contributed by atoms with Gasteiger partial charge in [0.05, 0.1) is 12.7 Å². The number of carboxylic acid groups (broad SMARTS) is 1. The summed E-state index contributed by atoms with van der Waals surface area (Å²) in [5.74, 6) is -2.12. The first-order valence-corrected chi connectivity index (χ1v) is 10.5. The molecule has 0 saturated carbocycles. The third-order valence-corrected chi connectivity index (χ3v) is 5.93. The van der Waals surface area contributed by atoms with Crippen molar-refractivity contribution in [2.24, 2.45) is 0 Å². The van der Waals surface area contributed by atoms with Crippen LogP contribution in [0.15, 0.2) is 54.7 Å². The number of nitrogens with one attached hydrogen (secondary N) is 2. The highest BCUT2D eigenvalue weighted by molar-refractivity contribution is 7.17. The van der Waals surface area contributed by atoms with E-state index >= 15 is 0 Å². The average Bonchev–Trinajstić information content (AvgIpc) is 3.38. The van der Waals surface area contributed by atoms with Crippen LogP contribution in [0.25, 0.3) is 11.1 Å². The Morgan fingerprint density at radius 1 is 1.06 bits per heavy atom. The molecule has 1 aliphatic rings. The number of thiazole rings is 1. The molecule has 1 aliphatic carbocycles. The number of rotatable bonds is 7. The zero-order valence-electron chi connectivity index (χ0n) is 16.6. The van der Waals surface area contributed by atoms with Crippen molar-refractivity contribution in [1.82, 2.24) is 10.3 Å². The van der Waals surface area contributed by atoms with Crippen LogP contribution in [-0.2, 0) is 9.53 Å². The van der Waals surface area contributed by atoms with Crippen LogP contribution in [0.5, 0.6) is 0 Å². The minimum absolute atomic E-state index is 0.0774. The van der Waals surface area contributed by atoms with Gasteiger partial charge in [-0.1, -0.05) is 59.9 Å². The number of amides is 2. The third-order valence-electron chi connectivity index (χ3n) is 5.02. The van der Waals surface area contributed by atoms with E-state index in [9.17, 15) is 19.5 Å². The van der Waals surface area contributed by atoms with Gasteiger partial charge < -0.3 is 20.3 Å². The van der Waals surface area contributed by atoms with Crippen molar-refractivity contribution in [3.63, 3.8) is 0 Å². The summed E-state index contributed by atoms with van der Waals surface area (Å²) >= 11 is 0.900. The zero-order valence-corrected chi connectivity index (χ0v) is 17.5. The standard InChI is InChI=1S/C22H19N3O6S/c26-17(20(28)29)9-23-19(27)18-10-24-21(32-18)25-22(30)31-11-16-14-7-3-1-5-12(14)13-6-2-4-8-15(13)16/h1-8,10,16-17,26H,9,11H2,(H,23,27)(H,28,29)(H,24,25,30). The lowest BCUT2D eigenvalue weighted by molar-refractivity contribution is -0.146. The molecule has 0 radical (unpaired) electrons. The van der Waals surface area contributed by atoms with Gasteiger partial charge in [-0.15, -0.1) is 0 Å². The number of ether oxygens (including phenoxy) is 1. The number of hydrogen-bond donors (Lipinski definition) is 4. The number of carbonyl (C=O) groups excluding carboxylic acids is 2. The molecule has 9 nitrogen and oxygen atoms in total. The van der Waals surface area contributed by atoms with Gasteiger partial charge in [0.2, 0.25) is 0 Å². The van der Waals surface area contributed by atoms with Crippen molar-refractivity contribution in [2.75, 3.05) is 18.5 Å². The molecule has 3 aromatic rings. The fraction of sp³-hybridized carbons (Fsp3) is 0.182. The average molecular weight is 453 g/mol. The Balaban J connectivity index is 1.34. The third kappa shape index (κ3) is 4.46. The Bertz CT molecular complexity index is 1130. The van der Waals surface area contributed by atoms with Crippen LogP contribution in [0, 0.1) is 0 Å². The molecule has 1 atom stereocenters. The summed E-state index contributed by atoms with van der Waals surface area (Å²) in [6, 6.07) is 16.0. The summed E-state index contributed by atoms with van der Waals surface area (Å²) in [6.45, 7) is -0.299. The monoisotopic (exact) mass is 453 g/mol. The van der Waals surface area contributed by atoms with Gasteiger partial charge >= 0.3 is 12.1 Å². The van der Waals surface area contributed by atoms with E-state index in [1.165, 1.54) is 6.20 Å². The smallest absolute Gasteiger partial charge is 0.413 e. The lowest BCUT2D eigenvalue weighted by atomic mass is 9.98. The Morgan fingerprint density at radius 2 is 1.69 bits per heavy atom. The SMILES string of the molecule is O=C(Nc1ncc(C(=O)NCC(O)C(=O)O)s1)OCC1c2ccccc2-c2ccccc21. The first kappa shape index (κ1) is 21.5. The molecular weight excluding hydrogens is 434 g/mol. The van der Waals surface area contributed by atoms with Gasteiger partial charge in [0.1, 0.15) is 11.5 Å². The number of nitrogens with zero attached hydrogens (tertiary/aromatic N) is 1. The highest BCUT2D eigenvalue weighted by Crippen LogP contribution is 2.44. The maximum absolute atomic E-state index is 12.3. The topological polar surface area (TPSA) is 138 Å². The summed E-state index contributed by atoms with van der Waals surface area (Å²) in [5.41, 5.74) is 4.44. The lowest BCUT2D eigenvalue weighted by Gasteiger charge is -2.14. The Morgan fingerprint density at radius 3 is 2.31 bits per heavy atom.